The first-order valence-electron chi connectivity index (χ1n) is 6.95. The van der Waals surface area contributed by atoms with E-state index in [1.165, 1.54) is 5.56 Å². The van der Waals surface area contributed by atoms with Crippen LogP contribution in [0.25, 0.3) is 11.0 Å². The fourth-order valence-electron chi connectivity index (χ4n) is 2.21. The van der Waals surface area contributed by atoms with E-state index in [2.05, 4.69) is 38.9 Å². The number of imidazole rings is 1. The predicted octanol–water partition coefficient (Wildman–Crippen LogP) is 3.30. The molecule has 0 aliphatic carbocycles. The Morgan fingerprint density at radius 2 is 2.00 bits per heavy atom. The summed E-state index contributed by atoms with van der Waals surface area (Å²) in [6, 6.07) is 12.3. The van der Waals surface area contributed by atoms with Gasteiger partial charge in [-0.3, -0.25) is 0 Å². The van der Waals surface area contributed by atoms with Crippen LogP contribution in [0.3, 0.4) is 0 Å². The molecule has 3 aromatic rings. The van der Waals surface area contributed by atoms with E-state index in [0.29, 0.717) is 0 Å². The Kier molecular flexibility index (Phi) is 3.63. The minimum atomic E-state index is 0.793. The lowest BCUT2D eigenvalue weighted by Gasteiger charge is -2.07. The average molecular weight is 266 g/mol. The molecule has 0 amide bonds. The van der Waals surface area contributed by atoms with Gasteiger partial charge in [-0.1, -0.05) is 25.1 Å². The second-order valence-corrected chi connectivity index (χ2v) is 4.84. The van der Waals surface area contributed by atoms with Gasteiger partial charge in [0, 0.05) is 12.7 Å². The second-order valence-electron chi connectivity index (χ2n) is 4.84. The van der Waals surface area contributed by atoms with Crippen LogP contribution in [0.4, 0.5) is 5.82 Å². The first-order valence-corrected chi connectivity index (χ1v) is 6.95. The number of anilines is 1. The van der Waals surface area contributed by atoms with E-state index >= 15 is 0 Å². The van der Waals surface area contributed by atoms with E-state index in [4.69, 9.17) is 0 Å². The topological polar surface area (TPSA) is 42.7 Å². The molecule has 2 aromatic heterocycles. The Hall–Kier alpha value is -2.36. The Balaban J connectivity index is 1.77. The standard InChI is InChI=1S/C16H18N4/c1-2-9-17-16-8-7-13(10-18-16)11-20-12-19-14-5-3-4-6-15(14)20/h3-8,10,12H,2,9,11H2,1H3,(H,17,18). The SMILES string of the molecule is CCCNc1ccc(Cn2cnc3ccccc32)cn1. The molecule has 4 nitrogen and oxygen atoms in total. The maximum absolute atomic E-state index is 4.43. The molecule has 20 heavy (non-hydrogen) atoms. The van der Waals surface area contributed by atoms with Gasteiger partial charge >= 0.3 is 0 Å². The molecule has 0 spiro atoms. The van der Waals surface area contributed by atoms with Crippen LogP contribution < -0.4 is 5.32 Å². The number of aromatic nitrogens is 3. The van der Waals surface area contributed by atoms with Crippen LogP contribution in [0.5, 0.6) is 0 Å². The van der Waals surface area contributed by atoms with Crippen LogP contribution in [0.2, 0.25) is 0 Å². The third-order valence-electron chi connectivity index (χ3n) is 3.26. The zero-order valence-corrected chi connectivity index (χ0v) is 11.6. The van der Waals surface area contributed by atoms with E-state index in [9.17, 15) is 0 Å². The molecule has 3 rings (SSSR count). The van der Waals surface area contributed by atoms with Gasteiger partial charge in [-0.25, -0.2) is 9.97 Å². The fraction of sp³-hybridized carbons (Fsp3) is 0.250. The molecule has 102 valence electrons. The molecule has 0 saturated heterocycles. The van der Waals surface area contributed by atoms with Crippen molar-refractivity contribution in [3.05, 3.63) is 54.5 Å². The van der Waals surface area contributed by atoms with Crippen LogP contribution in [0.1, 0.15) is 18.9 Å². The van der Waals surface area contributed by atoms with Gasteiger partial charge < -0.3 is 9.88 Å². The van der Waals surface area contributed by atoms with Crippen molar-refractivity contribution in [3.63, 3.8) is 0 Å². The molecular weight excluding hydrogens is 248 g/mol. The van der Waals surface area contributed by atoms with Crippen molar-refractivity contribution < 1.29 is 0 Å². The van der Waals surface area contributed by atoms with E-state index in [1.54, 1.807) is 0 Å². The number of pyridine rings is 1. The maximum atomic E-state index is 4.43. The summed E-state index contributed by atoms with van der Waals surface area (Å²) in [7, 11) is 0. The number of hydrogen-bond acceptors (Lipinski definition) is 3. The monoisotopic (exact) mass is 266 g/mol. The summed E-state index contributed by atoms with van der Waals surface area (Å²) in [5, 5.41) is 3.28. The number of hydrogen-bond donors (Lipinski definition) is 1. The summed E-state index contributed by atoms with van der Waals surface area (Å²) in [4.78, 5) is 8.84. The Labute approximate surface area is 118 Å². The fourth-order valence-corrected chi connectivity index (χ4v) is 2.21. The van der Waals surface area contributed by atoms with Crippen molar-refractivity contribution in [2.45, 2.75) is 19.9 Å². The van der Waals surface area contributed by atoms with Crippen molar-refractivity contribution in [2.24, 2.45) is 0 Å². The summed E-state index contributed by atoms with van der Waals surface area (Å²) < 4.78 is 2.14. The lowest BCUT2D eigenvalue weighted by atomic mass is 10.2. The number of benzene rings is 1. The molecule has 0 saturated carbocycles. The molecule has 0 fully saturated rings. The molecule has 0 aliphatic rings. The molecule has 0 atom stereocenters. The molecular formula is C16H18N4. The number of para-hydroxylation sites is 2. The molecule has 0 aliphatic heterocycles. The third-order valence-corrected chi connectivity index (χ3v) is 3.26. The van der Waals surface area contributed by atoms with Crippen LogP contribution >= 0.6 is 0 Å². The van der Waals surface area contributed by atoms with E-state index < -0.39 is 0 Å². The quantitative estimate of drug-likeness (QED) is 0.770. The molecule has 0 radical (unpaired) electrons. The van der Waals surface area contributed by atoms with E-state index in [0.717, 1.165) is 36.4 Å². The van der Waals surface area contributed by atoms with E-state index in [1.807, 2.05) is 36.8 Å². The van der Waals surface area contributed by atoms with Gasteiger partial charge in [0.25, 0.3) is 0 Å². The van der Waals surface area contributed by atoms with Gasteiger partial charge in [-0.2, -0.15) is 0 Å². The summed E-state index contributed by atoms with van der Waals surface area (Å²) in [5.41, 5.74) is 3.36. The summed E-state index contributed by atoms with van der Waals surface area (Å²) >= 11 is 0. The van der Waals surface area contributed by atoms with Crippen LogP contribution in [-0.2, 0) is 6.54 Å². The van der Waals surface area contributed by atoms with Gasteiger partial charge in [0.05, 0.1) is 23.9 Å². The molecule has 0 bridgehead atoms. The van der Waals surface area contributed by atoms with Crippen molar-refractivity contribution in [1.82, 2.24) is 14.5 Å². The van der Waals surface area contributed by atoms with Crippen molar-refractivity contribution in [2.75, 3.05) is 11.9 Å². The van der Waals surface area contributed by atoms with Crippen LogP contribution in [-0.4, -0.2) is 21.1 Å². The second kappa shape index (κ2) is 5.74. The Morgan fingerprint density at radius 1 is 1.10 bits per heavy atom. The van der Waals surface area contributed by atoms with Gasteiger partial charge in [0.2, 0.25) is 0 Å². The zero-order valence-electron chi connectivity index (χ0n) is 11.6. The van der Waals surface area contributed by atoms with E-state index in [-0.39, 0.29) is 0 Å². The smallest absolute Gasteiger partial charge is 0.125 e. The van der Waals surface area contributed by atoms with Gasteiger partial charge in [0.15, 0.2) is 0 Å². The largest absolute Gasteiger partial charge is 0.370 e. The van der Waals surface area contributed by atoms with Crippen LogP contribution in [0, 0.1) is 0 Å². The highest BCUT2D eigenvalue weighted by atomic mass is 15.0. The lowest BCUT2D eigenvalue weighted by Crippen LogP contribution is -2.03. The first kappa shape index (κ1) is 12.7. The first-order chi connectivity index (χ1) is 9.86. The van der Waals surface area contributed by atoms with Crippen LogP contribution in [0.15, 0.2) is 48.9 Å². The summed E-state index contributed by atoms with van der Waals surface area (Å²) in [6.07, 6.45) is 4.91. The highest BCUT2D eigenvalue weighted by molar-refractivity contribution is 5.75. The van der Waals surface area contributed by atoms with Gasteiger partial charge in [-0.15, -0.1) is 0 Å². The lowest BCUT2D eigenvalue weighted by molar-refractivity contribution is 0.819. The molecule has 2 heterocycles. The maximum Gasteiger partial charge on any atom is 0.125 e. The molecule has 0 unspecified atom stereocenters. The molecule has 4 heteroatoms. The third kappa shape index (κ3) is 2.64. The summed E-state index contributed by atoms with van der Waals surface area (Å²) in [6.45, 7) is 3.89. The average Bonchev–Trinajstić information content (AvgIpc) is 2.90. The highest BCUT2D eigenvalue weighted by Gasteiger charge is 2.02. The molecule has 1 aromatic carbocycles. The highest BCUT2D eigenvalue weighted by Crippen LogP contribution is 2.14. The normalized spacial score (nSPS) is 10.8. The Morgan fingerprint density at radius 3 is 2.80 bits per heavy atom. The van der Waals surface area contributed by atoms with Crippen molar-refractivity contribution >= 4 is 16.9 Å². The minimum Gasteiger partial charge on any atom is -0.370 e. The van der Waals surface area contributed by atoms with Gasteiger partial charge in [-0.05, 0) is 30.2 Å². The van der Waals surface area contributed by atoms with Gasteiger partial charge in [0.1, 0.15) is 5.82 Å². The number of fused-ring (bicyclic) bond motifs is 1. The molecule has 1 N–H and O–H groups in total. The number of nitrogens with one attached hydrogen (secondary N) is 1. The zero-order chi connectivity index (χ0) is 13.8. The van der Waals surface area contributed by atoms with Crippen molar-refractivity contribution in [3.8, 4) is 0 Å². The minimum absolute atomic E-state index is 0.793. The predicted molar refractivity (Wildman–Crippen MR) is 81.9 cm³/mol. The summed E-state index contributed by atoms with van der Waals surface area (Å²) in [5.74, 6) is 0.936. The Bertz CT molecular complexity index is 685. The van der Waals surface area contributed by atoms with Crippen molar-refractivity contribution in [1.29, 1.82) is 0 Å². The number of rotatable bonds is 5. The number of nitrogens with zero attached hydrogens (tertiary/aromatic N) is 3.